The molecule has 1 aromatic heterocycles. The molecule has 0 amide bonds. The first-order valence-electron chi connectivity index (χ1n) is 4.97. The van der Waals surface area contributed by atoms with E-state index in [9.17, 15) is 0 Å². The summed E-state index contributed by atoms with van der Waals surface area (Å²) in [4.78, 5) is 4.31. The van der Waals surface area contributed by atoms with Gasteiger partial charge in [-0.15, -0.1) is 0 Å². The summed E-state index contributed by atoms with van der Waals surface area (Å²) in [6.07, 6.45) is 2.85. The van der Waals surface area contributed by atoms with E-state index in [0.29, 0.717) is 17.4 Å². The lowest BCUT2D eigenvalue weighted by atomic mass is 10.2. The third-order valence-electron chi connectivity index (χ3n) is 2.13. The van der Waals surface area contributed by atoms with Gasteiger partial charge < -0.3 is 10.3 Å². The number of anilines is 1. The first kappa shape index (κ1) is 11.0. The van der Waals surface area contributed by atoms with Crippen molar-refractivity contribution in [2.24, 2.45) is 0 Å². The molecule has 2 aromatic rings. The van der Waals surface area contributed by atoms with Crippen LogP contribution in [0.25, 0.3) is 11.4 Å². The fraction of sp³-hybridized carbons (Fsp3) is 0.273. The second kappa shape index (κ2) is 5.03. The van der Waals surface area contributed by atoms with E-state index in [1.807, 2.05) is 24.3 Å². The highest BCUT2D eigenvalue weighted by atomic mass is 32.2. The van der Waals surface area contributed by atoms with Gasteiger partial charge in [-0.2, -0.15) is 16.7 Å². The molecule has 0 spiro atoms. The number of aromatic nitrogens is 2. The molecule has 0 fully saturated rings. The normalized spacial score (nSPS) is 10.6. The number of aryl methyl sites for hydroxylation is 1. The Labute approximate surface area is 98.2 Å². The van der Waals surface area contributed by atoms with Crippen LogP contribution in [0.2, 0.25) is 0 Å². The summed E-state index contributed by atoms with van der Waals surface area (Å²) in [5.74, 6) is 2.26. The maximum absolute atomic E-state index is 5.69. The average molecular weight is 235 g/mol. The monoisotopic (exact) mass is 235 g/mol. The van der Waals surface area contributed by atoms with E-state index in [4.69, 9.17) is 10.3 Å². The molecule has 0 unspecified atom stereocenters. The summed E-state index contributed by atoms with van der Waals surface area (Å²) in [5.41, 5.74) is 7.28. The Morgan fingerprint density at radius 3 is 3.06 bits per heavy atom. The van der Waals surface area contributed by atoms with E-state index in [1.165, 1.54) is 0 Å². The van der Waals surface area contributed by atoms with Crippen molar-refractivity contribution < 1.29 is 4.52 Å². The number of nitrogen functional groups attached to an aromatic ring is 1. The molecule has 5 heteroatoms. The predicted octanol–water partition coefficient (Wildman–Crippen LogP) is 2.22. The molecule has 1 aromatic carbocycles. The fourth-order valence-electron chi connectivity index (χ4n) is 1.34. The van der Waals surface area contributed by atoms with Crippen LogP contribution >= 0.6 is 11.8 Å². The van der Waals surface area contributed by atoms with Crippen LogP contribution in [0.4, 0.5) is 5.69 Å². The molecule has 0 aliphatic heterocycles. The van der Waals surface area contributed by atoms with E-state index in [2.05, 4.69) is 16.4 Å². The van der Waals surface area contributed by atoms with Gasteiger partial charge >= 0.3 is 0 Å². The lowest BCUT2D eigenvalue weighted by molar-refractivity contribution is 0.383. The average Bonchev–Trinajstić information content (AvgIpc) is 2.75. The summed E-state index contributed by atoms with van der Waals surface area (Å²) in [5, 5.41) is 3.93. The van der Waals surface area contributed by atoms with Gasteiger partial charge in [0.1, 0.15) is 0 Å². The minimum Gasteiger partial charge on any atom is -0.399 e. The Morgan fingerprint density at radius 2 is 2.31 bits per heavy atom. The van der Waals surface area contributed by atoms with Crippen LogP contribution in [-0.2, 0) is 6.42 Å². The van der Waals surface area contributed by atoms with Gasteiger partial charge in [-0.05, 0) is 18.4 Å². The highest BCUT2D eigenvalue weighted by Gasteiger charge is 2.07. The summed E-state index contributed by atoms with van der Waals surface area (Å²) < 4.78 is 5.15. The standard InChI is InChI=1S/C11H13N3OS/c1-16-6-5-10-13-11(14-15-10)8-3-2-4-9(12)7-8/h2-4,7H,5-6,12H2,1H3. The van der Waals surface area contributed by atoms with Crippen molar-refractivity contribution in [1.82, 2.24) is 10.1 Å². The maximum atomic E-state index is 5.69. The summed E-state index contributed by atoms with van der Waals surface area (Å²) in [7, 11) is 0. The van der Waals surface area contributed by atoms with E-state index >= 15 is 0 Å². The second-order valence-corrected chi connectivity index (χ2v) is 4.37. The minimum atomic E-state index is 0.600. The Kier molecular flexibility index (Phi) is 3.46. The summed E-state index contributed by atoms with van der Waals surface area (Å²) in [6, 6.07) is 7.46. The molecular weight excluding hydrogens is 222 g/mol. The number of nitrogens with zero attached hydrogens (tertiary/aromatic N) is 2. The zero-order chi connectivity index (χ0) is 11.4. The van der Waals surface area contributed by atoms with Gasteiger partial charge in [0.2, 0.25) is 11.7 Å². The highest BCUT2D eigenvalue weighted by Crippen LogP contribution is 2.18. The molecule has 16 heavy (non-hydrogen) atoms. The van der Waals surface area contributed by atoms with Crippen molar-refractivity contribution >= 4 is 17.4 Å². The molecule has 0 aliphatic carbocycles. The lowest BCUT2D eigenvalue weighted by Crippen LogP contribution is -1.89. The van der Waals surface area contributed by atoms with Crippen LogP contribution in [0.15, 0.2) is 28.8 Å². The number of benzene rings is 1. The van der Waals surface area contributed by atoms with Crippen molar-refractivity contribution in [1.29, 1.82) is 0 Å². The molecule has 2 rings (SSSR count). The largest absolute Gasteiger partial charge is 0.399 e. The van der Waals surface area contributed by atoms with Crippen LogP contribution in [0.1, 0.15) is 5.89 Å². The van der Waals surface area contributed by atoms with Gasteiger partial charge in [0.15, 0.2) is 0 Å². The Morgan fingerprint density at radius 1 is 1.44 bits per heavy atom. The third kappa shape index (κ3) is 2.55. The number of rotatable bonds is 4. The van der Waals surface area contributed by atoms with Crippen molar-refractivity contribution in [3.8, 4) is 11.4 Å². The van der Waals surface area contributed by atoms with Crippen molar-refractivity contribution in [2.45, 2.75) is 6.42 Å². The molecule has 0 bridgehead atoms. The number of hydrogen-bond donors (Lipinski definition) is 1. The zero-order valence-corrected chi connectivity index (χ0v) is 9.83. The molecule has 0 saturated heterocycles. The van der Waals surface area contributed by atoms with Crippen LogP contribution in [0.5, 0.6) is 0 Å². The Hall–Kier alpha value is -1.49. The van der Waals surface area contributed by atoms with Gasteiger partial charge in [0, 0.05) is 23.4 Å². The number of thioether (sulfide) groups is 1. The molecule has 1 heterocycles. The van der Waals surface area contributed by atoms with Gasteiger partial charge in [-0.3, -0.25) is 0 Å². The topological polar surface area (TPSA) is 64.9 Å². The van der Waals surface area contributed by atoms with Crippen LogP contribution in [0.3, 0.4) is 0 Å². The van der Waals surface area contributed by atoms with Crippen LogP contribution in [-0.4, -0.2) is 22.1 Å². The van der Waals surface area contributed by atoms with E-state index < -0.39 is 0 Å². The first-order chi connectivity index (χ1) is 7.79. The van der Waals surface area contributed by atoms with Gasteiger partial charge in [-0.1, -0.05) is 17.3 Å². The van der Waals surface area contributed by atoms with Gasteiger partial charge in [-0.25, -0.2) is 0 Å². The number of nitrogens with two attached hydrogens (primary N) is 1. The molecule has 2 N–H and O–H groups in total. The lowest BCUT2D eigenvalue weighted by Gasteiger charge is -1.95. The van der Waals surface area contributed by atoms with E-state index in [0.717, 1.165) is 17.7 Å². The maximum Gasteiger partial charge on any atom is 0.227 e. The summed E-state index contributed by atoms with van der Waals surface area (Å²) in [6.45, 7) is 0. The van der Waals surface area contributed by atoms with Gasteiger partial charge in [0.25, 0.3) is 0 Å². The molecule has 4 nitrogen and oxygen atoms in total. The molecule has 0 aliphatic rings. The van der Waals surface area contributed by atoms with Crippen LogP contribution < -0.4 is 5.73 Å². The predicted molar refractivity (Wildman–Crippen MR) is 66.2 cm³/mol. The fourth-order valence-corrected chi connectivity index (χ4v) is 1.72. The van der Waals surface area contributed by atoms with Crippen molar-refractivity contribution in [2.75, 3.05) is 17.7 Å². The Bertz CT molecular complexity index is 470. The quantitative estimate of drug-likeness (QED) is 0.823. The van der Waals surface area contributed by atoms with Crippen molar-refractivity contribution in [3.05, 3.63) is 30.2 Å². The molecule has 0 radical (unpaired) electrons. The van der Waals surface area contributed by atoms with E-state index in [-0.39, 0.29) is 0 Å². The third-order valence-corrected chi connectivity index (χ3v) is 2.75. The van der Waals surface area contributed by atoms with Crippen molar-refractivity contribution in [3.63, 3.8) is 0 Å². The molecule has 0 saturated carbocycles. The smallest absolute Gasteiger partial charge is 0.227 e. The van der Waals surface area contributed by atoms with E-state index in [1.54, 1.807) is 11.8 Å². The van der Waals surface area contributed by atoms with Gasteiger partial charge in [0.05, 0.1) is 0 Å². The molecule has 84 valence electrons. The highest BCUT2D eigenvalue weighted by molar-refractivity contribution is 7.98. The molecular formula is C11H13N3OS. The minimum absolute atomic E-state index is 0.600. The van der Waals surface area contributed by atoms with Crippen LogP contribution in [0, 0.1) is 0 Å². The first-order valence-corrected chi connectivity index (χ1v) is 6.36. The molecule has 0 atom stereocenters. The Balaban J connectivity index is 2.18. The second-order valence-electron chi connectivity index (χ2n) is 3.38. The summed E-state index contributed by atoms with van der Waals surface area (Å²) >= 11 is 1.76. The zero-order valence-electron chi connectivity index (χ0n) is 9.01. The SMILES string of the molecule is CSCCc1nc(-c2cccc(N)c2)no1. The number of hydrogen-bond acceptors (Lipinski definition) is 5.